The average molecular weight is 460 g/mol. The molecule has 3 aliphatic rings. The largest absolute Gasteiger partial charge is 0.444 e. The van der Waals surface area contributed by atoms with Crippen molar-refractivity contribution in [2.24, 2.45) is 11.3 Å². The van der Waals surface area contributed by atoms with Crippen LogP contribution in [0.4, 0.5) is 10.6 Å². The van der Waals surface area contributed by atoms with Gasteiger partial charge in [-0.05, 0) is 32.1 Å². The Morgan fingerprint density at radius 2 is 2.09 bits per heavy atom. The molecule has 10 heteroatoms. The molecule has 3 heterocycles. The summed E-state index contributed by atoms with van der Waals surface area (Å²) in [5, 5.41) is 16.0. The second kappa shape index (κ2) is 7.55. The van der Waals surface area contributed by atoms with Crippen LogP contribution in [0.3, 0.4) is 0 Å². The molecule has 1 saturated heterocycles. The molecule has 2 aromatic rings. The van der Waals surface area contributed by atoms with Crippen LogP contribution in [-0.4, -0.2) is 45.4 Å². The third-order valence-electron chi connectivity index (χ3n) is 6.85. The van der Waals surface area contributed by atoms with Crippen molar-refractivity contribution in [1.29, 1.82) is 0 Å². The highest BCUT2D eigenvalue weighted by molar-refractivity contribution is 7.09. The number of amides is 2. The fraction of sp³-hybridized carbons (Fsp3) is 0.636. The van der Waals surface area contributed by atoms with Crippen LogP contribution < -0.4 is 10.6 Å². The van der Waals surface area contributed by atoms with Crippen molar-refractivity contribution in [3.05, 3.63) is 27.8 Å². The number of carbonyl (C=O) groups is 2. The minimum Gasteiger partial charge on any atom is -0.444 e. The SMILES string of the molecule is Cc1csc([C@H]2[C@H](C(=O)Nc3cc([C@@H]4C[C@H](OC(=O)NC5(C)CC5)CO4)[nH]n3)C2(C)C)n1. The number of alkyl carbamates (subject to hydrolysis) is 1. The molecule has 172 valence electrons. The van der Waals surface area contributed by atoms with Gasteiger partial charge in [-0.2, -0.15) is 5.10 Å². The number of aromatic nitrogens is 3. The molecule has 9 nitrogen and oxygen atoms in total. The molecule has 2 aliphatic carbocycles. The van der Waals surface area contributed by atoms with Crippen LogP contribution in [0.25, 0.3) is 0 Å². The molecule has 2 amide bonds. The van der Waals surface area contributed by atoms with Crippen molar-refractivity contribution in [1.82, 2.24) is 20.5 Å². The topological polar surface area (TPSA) is 118 Å². The van der Waals surface area contributed by atoms with Crippen molar-refractivity contribution in [3.63, 3.8) is 0 Å². The number of rotatable bonds is 6. The summed E-state index contributed by atoms with van der Waals surface area (Å²) in [5.74, 6) is 0.402. The molecule has 0 bridgehead atoms. The van der Waals surface area contributed by atoms with Gasteiger partial charge in [0, 0.05) is 35.0 Å². The number of H-pyrrole nitrogens is 1. The normalized spacial score (nSPS) is 29.4. The maximum Gasteiger partial charge on any atom is 0.407 e. The third kappa shape index (κ3) is 4.13. The van der Waals surface area contributed by atoms with Crippen molar-refractivity contribution < 1.29 is 19.1 Å². The third-order valence-corrected chi connectivity index (χ3v) is 7.89. The van der Waals surface area contributed by atoms with Gasteiger partial charge in [-0.3, -0.25) is 9.89 Å². The van der Waals surface area contributed by atoms with E-state index in [0.29, 0.717) is 18.8 Å². The highest BCUT2D eigenvalue weighted by atomic mass is 32.1. The Balaban J connectivity index is 1.15. The lowest BCUT2D eigenvalue weighted by Crippen LogP contribution is -2.37. The molecule has 0 unspecified atom stereocenters. The quantitative estimate of drug-likeness (QED) is 0.607. The number of aromatic amines is 1. The van der Waals surface area contributed by atoms with Gasteiger partial charge in [0.15, 0.2) is 5.82 Å². The zero-order valence-electron chi connectivity index (χ0n) is 18.7. The summed E-state index contributed by atoms with van der Waals surface area (Å²) in [6.07, 6.45) is 1.55. The zero-order valence-corrected chi connectivity index (χ0v) is 19.5. The Labute approximate surface area is 190 Å². The van der Waals surface area contributed by atoms with Gasteiger partial charge < -0.3 is 20.1 Å². The lowest BCUT2D eigenvalue weighted by Gasteiger charge is -2.15. The fourth-order valence-electron chi connectivity index (χ4n) is 4.51. The summed E-state index contributed by atoms with van der Waals surface area (Å²) in [6.45, 7) is 8.50. The molecule has 0 spiro atoms. The Hall–Kier alpha value is -2.46. The monoisotopic (exact) mass is 459 g/mol. The van der Waals surface area contributed by atoms with Crippen LogP contribution in [0.2, 0.25) is 0 Å². The molecule has 0 radical (unpaired) electrons. The number of carbonyl (C=O) groups excluding carboxylic acids is 2. The smallest absolute Gasteiger partial charge is 0.407 e. The summed E-state index contributed by atoms with van der Waals surface area (Å²) >= 11 is 1.61. The second-order valence-corrected chi connectivity index (χ2v) is 11.0. The molecule has 2 saturated carbocycles. The highest BCUT2D eigenvalue weighted by Gasteiger charge is 2.63. The molecular weight excluding hydrogens is 430 g/mol. The number of hydrogen-bond donors (Lipinski definition) is 3. The maximum atomic E-state index is 12.9. The molecule has 3 N–H and O–H groups in total. The number of aryl methyl sites for hydroxylation is 1. The van der Waals surface area contributed by atoms with E-state index in [1.165, 1.54) is 0 Å². The van der Waals surface area contributed by atoms with E-state index in [0.717, 1.165) is 29.2 Å². The minimum atomic E-state index is -0.395. The first-order valence-corrected chi connectivity index (χ1v) is 11.9. The Morgan fingerprint density at radius 1 is 1.31 bits per heavy atom. The van der Waals surface area contributed by atoms with Gasteiger partial charge in [-0.1, -0.05) is 13.8 Å². The van der Waals surface area contributed by atoms with Crippen LogP contribution in [0, 0.1) is 18.3 Å². The molecule has 0 aromatic carbocycles. The van der Waals surface area contributed by atoms with E-state index in [1.807, 2.05) is 19.2 Å². The van der Waals surface area contributed by atoms with Gasteiger partial charge in [0.05, 0.1) is 23.2 Å². The van der Waals surface area contributed by atoms with E-state index in [9.17, 15) is 9.59 Å². The number of ether oxygens (including phenoxy) is 2. The first-order chi connectivity index (χ1) is 15.1. The Kier molecular flexibility index (Phi) is 5.05. The van der Waals surface area contributed by atoms with E-state index >= 15 is 0 Å². The van der Waals surface area contributed by atoms with Crippen LogP contribution >= 0.6 is 11.3 Å². The molecule has 32 heavy (non-hydrogen) atoms. The second-order valence-electron chi connectivity index (χ2n) is 10.1. The van der Waals surface area contributed by atoms with Gasteiger partial charge >= 0.3 is 6.09 Å². The van der Waals surface area contributed by atoms with Gasteiger partial charge in [-0.25, -0.2) is 9.78 Å². The molecular formula is C22H29N5O4S. The van der Waals surface area contributed by atoms with Crippen molar-refractivity contribution in [3.8, 4) is 0 Å². The minimum absolute atomic E-state index is 0.0512. The first kappa shape index (κ1) is 21.4. The van der Waals surface area contributed by atoms with Crippen LogP contribution in [0.1, 0.15) is 68.5 Å². The highest BCUT2D eigenvalue weighted by Crippen LogP contribution is 2.65. The van der Waals surface area contributed by atoms with Gasteiger partial charge in [0.25, 0.3) is 0 Å². The summed E-state index contributed by atoms with van der Waals surface area (Å²) < 4.78 is 11.3. The predicted octanol–water partition coefficient (Wildman–Crippen LogP) is 3.66. The van der Waals surface area contributed by atoms with Gasteiger partial charge in [0.2, 0.25) is 5.91 Å². The summed E-state index contributed by atoms with van der Waals surface area (Å²) in [4.78, 5) is 29.5. The Morgan fingerprint density at radius 3 is 2.78 bits per heavy atom. The predicted molar refractivity (Wildman–Crippen MR) is 118 cm³/mol. The van der Waals surface area contributed by atoms with Crippen LogP contribution in [-0.2, 0) is 14.3 Å². The van der Waals surface area contributed by atoms with Gasteiger partial charge in [0.1, 0.15) is 12.2 Å². The fourth-order valence-corrected chi connectivity index (χ4v) is 5.64. The van der Waals surface area contributed by atoms with E-state index in [1.54, 1.807) is 17.4 Å². The van der Waals surface area contributed by atoms with E-state index in [2.05, 4.69) is 39.7 Å². The van der Waals surface area contributed by atoms with E-state index < -0.39 is 6.09 Å². The molecule has 3 fully saturated rings. The Bertz CT molecular complexity index is 1040. The number of anilines is 1. The maximum absolute atomic E-state index is 12.9. The van der Waals surface area contributed by atoms with Crippen molar-refractivity contribution in [2.75, 3.05) is 11.9 Å². The molecule has 2 aromatic heterocycles. The number of thiazole rings is 1. The van der Waals surface area contributed by atoms with Crippen molar-refractivity contribution in [2.45, 2.75) is 70.6 Å². The van der Waals surface area contributed by atoms with E-state index in [-0.39, 0.29) is 40.9 Å². The number of nitrogens with one attached hydrogen (secondary N) is 3. The molecule has 1 aliphatic heterocycles. The average Bonchev–Trinajstić information content (AvgIpc) is 3.25. The number of nitrogens with zero attached hydrogens (tertiary/aromatic N) is 2. The summed E-state index contributed by atoms with van der Waals surface area (Å²) in [7, 11) is 0. The van der Waals surface area contributed by atoms with Crippen LogP contribution in [0.15, 0.2) is 11.4 Å². The zero-order chi connectivity index (χ0) is 22.7. The standard InChI is InChI=1S/C22H29N5O4S/c1-11-10-32-19(23-11)17-16(21(17,2)3)18(28)24-15-8-13(26-27-15)14-7-12(9-30-14)31-20(29)25-22(4)5-6-22/h8,10,12,14,16-17H,5-7,9H2,1-4H3,(H,25,29)(H2,24,26,27,28)/t12-,14-,16+,17+/m0/s1. The van der Waals surface area contributed by atoms with E-state index in [4.69, 9.17) is 9.47 Å². The lowest BCUT2D eigenvalue weighted by atomic mass is 10.1. The first-order valence-electron chi connectivity index (χ1n) is 11.0. The van der Waals surface area contributed by atoms with Crippen molar-refractivity contribution >= 4 is 29.2 Å². The summed E-state index contributed by atoms with van der Waals surface area (Å²) in [6, 6.07) is 1.79. The lowest BCUT2D eigenvalue weighted by molar-refractivity contribution is -0.118. The summed E-state index contributed by atoms with van der Waals surface area (Å²) in [5.41, 5.74) is 1.50. The number of hydrogen-bond acceptors (Lipinski definition) is 7. The molecule has 5 rings (SSSR count). The van der Waals surface area contributed by atoms with Gasteiger partial charge in [-0.15, -0.1) is 11.3 Å². The molecule has 4 atom stereocenters. The van der Waals surface area contributed by atoms with Crippen LogP contribution in [0.5, 0.6) is 0 Å².